The third kappa shape index (κ3) is 0.802. The summed E-state index contributed by atoms with van der Waals surface area (Å²) in [6.07, 6.45) is 7.58. The first kappa shape index (κ1) is 7.44. The minimum atomic E-state index is -0.290. The lowest BCUT2D eigenvalue weighted by atomic mass is 9.84. The van der Waals surface area contributed by atoms with Crippen molar-refractivity contribution in [3.63, 3.8) is 0 Å². The Morgan fingerprint density at radius 2 is 2.08 bits per heavy atom. The molecule has 1 fully saturated rings. The standard InChI is InChI=1S/C9H10N2O/c10-11-7-3-6-9(8(7)12)4-1-2-5-9/h3,6H,1-2,4-5H2. The topological polar surface area (TPSA) is 53.5 Å². The average Bonchev–Trinajstić information content (AvgIpc) is 2.65. The first-order chi connectivity index (χ1) is 5.78. The van der Waals surface area contributed by atoms with Crippen LogP contribution in [0.5, 0.6) is 0 Å². The van der Waals surface area contributed by atoms with E-state index in [-0.39, 0.29) is 16.9 Å². The van der Waals surface area contributed by atoms with Crippen LogP contribution in [0.2, 0.25) is 0 Å². The maximum Gasteiger partial charge on any atom is 0.358 e. The van der Waals surface area contributed by atoms with E-state index in [0.29, 0.717) is 0 Å². The molecule has 0 amide bonds. The second kappa shape index (κ2) is 2.39. The number of rotatable bonds is 0. The number of hydrogen-bond acceptors (Lipinski definition) is 1. The van der Waals surface area contributed by atoms with Crippen molar-refractivity contribution in [2.45, 2.75) is 25.7 Å². The molecule has 0 unspecified atom stereocenters. The molecule has 0 atom stereocenters. The Morgan fingerprint density at radius 3 is 2.58 bits per heavy atom. The number of nitrogens with zero attached hydrogens (tertiary/aromatic N) is 2. The molecule has 2 aliphatic carbocycles. The molecule has 2 rings (SSSR count). The Bertz CT molecular complexity index is 304. The fraction of sp³-hybridized carbons (Fsp3) is 0.556. The molecule has 1 saturated carbocycles. The molecule has 0 aromatic carbocycles. The number of allylic oxidation sites excluding steroid dienone is 2. The monoisotopic (exact) mass is 162 g/mol. The summed E-state index contributed by atoms with van der Waals surface area (Å²) in [5, 5.41) is 0. The van der Waals surface area contributed by atoms with Crippen LogP contribution in [-0.2, 0) is 4.79 Å². The first-order valence-corrected chi connectivity index (χ1v) is 4.25. The lowest BCUT2D eigenvalue weighted by Crippen LogP contribution is -2.26. The minimum Gasteiger partial charge on any atom is -0.361 e. The van der Waals surface area contributed by atoms with Gasteiger partial charge in [0.2, 0.25) is 0 Å². The van der Waals surface area contributed by atoms with Gasteiger partial charge >= 0.3 is 5.71 Å². The molecule has 2 aliphatic rings. The Labute approximate surface area is 70.7 Å². The molecule has 0 aromatic rings. The lowest BCUT2D eigenvalue weighted by molar-refractivity contribution is -0.122. The molecule has 12 heavy (non-hydrogen) atoms. The SMILES string of the molecule is [N-]=[N+]=C1C=CC2(CCCC2)C1=O. The highest BCUT2D eigenvalue weighted by Gasteiger charge is 2.47. The predicted octanol–water partition coefficient (Wildman–Crippen LogP) is 1.36. The van der Waals surface area contributed by atoms with Gasteiger partial charge in [0, 0.05) is 6.08 Å². The van der Waals surface area contributed by atoms with Crippen molar-refractivity contribution < 1.29 is 9.58 Å². The van der Waals surface area contributed by atoms with Gasteiger partial charge in [-0.1, -0.05) is 18.9 Å². The van der Waals surface area contributed by atoms with Crippen molar-refractivity contribution in [3.05, 3.63) is 17.7 Å². The van der Waals surface area contributed by atoms with Crippen LogP contribution in [-0.4, -0.2) is 16.3 Å². The van der Waals surface area contributed by atoms with Gasteiger partial charge in [-0.2, -0.15) is 4.79 Å². The molecule has 0 N–H and O–H groups in total. The molecule has 1 spiro atoms. The predicted molar refractivity (Wildman–Crippen MR) is 43.7 cm³/mol. The Balaban J connectivity index is 2.38. The minimum absolute atomic E-state index is 0.00231. The molecule has 3 nitrogen and oxygen atoms in total. The second-order valence-corrected chi connectivity index (χ2v) is 3.51. The molecular formula is C9H10N2O. The number of carbonyl (C=O) groups excluding carboxylic acids is 1. The summed E-state index contributed by atoms with van der Waals surface area (Å²) in [5.41, 5.74) is 8.43. The third-order valence-corrected chi connectivity index (χ3v) is 2.85. The van der Waals surface area contributed by atoms with Crippen LogP contribution in [0.1, 0.15) is 25.7 Å². The highest BCUT2D eigenvalue weighted by molar-refractivity contribution is 6.46. The number of hydrogen-bond donors (Lipinski definition) is 0. The summed E-state index contributed by atoms with van der Waals surface area (Å²) in [4.78, 5) is 14.6. The molecule has 0 saturated heterocycles. The van der Waals surface area contributed by atoms with Gasteiger partial charge in [-0.15, -0.1) is 0 Å². The zero-order chi connectivity index (χ0) is 8.60. The summed E-state index contributed by atoms with van der Waals surface area (Å²) in [6, 6.07) is 0. The average molecular weight is 162 g/mol. The molecule has 0 heterocycles. The van der Waals surface area contributed by atoms with Crippen LogP contribution in [0.15, 0.2) is 12.2 Å². The van der Waals surface area contributed by atoms with E-state index in [1.54, 1.807) is 6.08 Å². The van der Waals surface area contributed by atoms with E-state index in [0.717, 1.165) is 25.7 Å². The van der Waals surface area contributed by atoms with Crippen LogP contribution >= 0.6 is 0 Å². The van der Waals surface area contributed by atoms with E-state index in [9.17, 15) is 4.79 Å². The van der Waals surface area contributed by atoms with Crippen LogP contribution in [0.25, 0.3) is 5.53 Å². The zero-order valence-corrected chi connectivity index (χ0v) is 6.79. The van der Waals surface area contributed by atoms with Crippen LogP contribution in [0.4, 0.5) is 0 Å². The van der Waals surface area contributed by atoms with E-state index in [1.165, 1.54) is 0 Å². The highest BCUT2D eigenvalue weighted by atomic mass is 16.1. The van der Waals surface area contributed by atoms with Crippen molar-refractivity contribution in [1.29, 1.82) is 0 Å². The third-order valence-electron chi connectivity index (χ3n) is 2.85. The molecule has 0 aromatic heterocycles. The zero-order valence-electron chi connectivity index (χ0n) is 6.79. The van der Waals surface area contributed by atoms with E-state index in [4.69, 9.17) is 5.53 Å². The van der Waals surface area contributed by atoms with Gasteiger partial charge in [0.1, 0.15) is 0 Å². The smallest absolute Gasteiger partial charge is 0.358 e. The lowest BCUT2D eigenvalue weighted by Gasteiger charge is -2.14. The van der Waals surface area contributed by atoms with Crippen molar-refractivity contribution in [3.8, 4) is 0 Å². The van der Waals surface area contributed by atoms with Crippen LogP contribution < -0.4 is 0 Å². The van der Waals surface area contributed by atoms with E-state index in [2.05, 4.69) is 4.79 Å². The number of Topliss-reactive ketones (excluding diaryl/α,β-unsaturated/α-hetero) is 1. The van der Waals surface area contributed by atoms with Crippen molar-refractivity contribution in [2.24, 2.45) is 5.41 Å². The van der Waals surface area contributed by atoms with Gasteiger partial charge in [0.25, 0.3) is 5.78 Å². The quantitative estimate of drug-likeness (QED) is 0.392. The Morgan fingerprint density at radius 1 is 1.42 bits per heavy atom. The van der Waals surface area contributed by atoms with Crippen LogP contribution in [0.3, 0.4) is 0 Å². The molecule has 0 radical (unpaired) electrons. The fourth-order valence-electron chi connectivity index (χ4n) is 2.12. The highest BCUT2D eigenvalue weighted by Crippen LogP contribution is 2.42. The van der Waals surface area contributed by atoms with Gasteiger partial charge in [0.05, 0.1) is 5.41 Å². The van der Waals surface area contributed by atoms with E-state index >= 15 is 0 Å². The Kier molecular flexibility index (Phi) is 1.48. The molecule has 0 bridgehead atoms. The van der Waals surface area contributed by atoms with Gasteiger partial charge < -0.3 is 5.53 Å². The van der Waals surface area contributed by atoms with Crippen molar-refractivity contribution >= 4 is 11.5 Å². The molecule has 0 aliphatic heterocycles. The summed E-state index contributed by atoms with van der Waals surface area (Å²) in [5.74, 6) is 0.00231. The van der Waals surface area contributed by atoms with E-state index in [1.807, 2.05) is 6.08 Å². The summed E-state index contributed by atoms with van der Waals surface area (Å²) in [6.45, 7) is 0. The molecule has 62 valence electrons. The van der Waals surface area contributed by atoms with Gasteiger partial charge in [-0.05, 0) is 12.8 Å². The van der Waals surface area contributed by atoms with Crippen molar-refractivity contribution in [2.75, 3.05) is 0 Å². The maximum absolute atomic E-state index is 11.6. The van der Waals surface area contributed by atoms with Gasteiger partial charge in [0.15, 0.2) is 0 Å². The number of carbonyl (C=O) groups is 1. The van der Waals surface area contributed by atoms with Crippen LogP contribution in [0, 0.1) is 5.41 Å². The normalized spacial score (nSPS) is 25.3. The summed E-state index contributed by atoms with van der Waals surface area (Å²) in [7, 11) is 0. The molecule has 3 heteroatoms. The maximum atomic E-state index is 11.6. The second-order valence-electron chi connectivity index (χ2n) is 3.51. The summed E-state index contributed by atoms with van der Waals surface area (Å²) < 4.78 is 0. The largest absolute Gasteiger partial charge is 0.361 e. The Hall–Kier alpha value is -1.21. The van der Waals surface area contributed by atoms with Gasteiger partial charge in [-0.25, -0.2) is 0 Å². The fourth-order valence-corrected chi connectivity index (χ4v) is 2.12. The summed E-state index contributed by atoms with van der Waals surface area (Å²) >= 11 is 0. The van der Waals surface area contributed by atoms with Crippen molar-refractivity contribution in [1.82, 2.24) is 0 Å². The van der Waals surface area contributed by atoms with Gasteiger partial charge in [-0.3, -0.25) is 4.79 Å². The molecular weight excluding hydrogens is 152 g/mol. The number of ketones is 1. The first-order valence-electron chi connectivity index (χ1n) is 4.25. The van der Waals surface area contributed by atoms with E-state index < -0.39 is 0 Å².